The number of nitrogens with zero attached hydrogens (tertiary/aromatic N) is 1. The lowest BCUT2D eigenvalue weighted by molar-refractivity contribution is -0.116. The van der Waals surface area contributed by atoms with Gasteiger partial charge in [0.2, 0.25) is 5.91 Å². The lowest BCUT2D eigenvalue weighted by Gasteiger charge is -2.23. The van der Waals surface area contributed by atoms with Crippen LogP contribution >= 0.6 is 0 Å². The Kier molecular flexibility index (Phi) is 3.97. The van der Waals surface area contributed by atoms with Gasteiger partial charge in [-0.05, 0) is 12.5 Å². The van der Waals surface area contributed by atoms with Gasteiger partial charge in [-0.1, -0.05) is 42.0 Å². The fraction of sp³-hybridized carbons (Fsp3) is 0.235. The summed E-state index contributed by atoms with van der Waals surface area (Å²) in [6.07, 6.45) is 2.28. The number of amides is 1. The Balaban J connectivity index is 2.04. The standard InChI is InChI=1S/C17H17N3O3/c1-10(8-11-6-4-3-5-7-11)12-9-13(21)18-16-14(12)15(19-20-16)17(22)23-2/h3-8,12H,9H2,1-2H3,(H2,18,19,20,21)/b10-8+. The molecule has 3 rings (SSSR count). The van der Waals surface area contributed by atoms with Crippen LogP contribution in [0.15, 0.2) is 35.9 Å². The number of benzene rings is 1. The van der Waals surface area contributed by atoms with Gasteiger partial charge in [0.05, 0.1) is 7.11 Å². The molecule has 2 N–H and O–H groups in total. The van der Waals surface area contributed by atoms with Gasteiger partial charge in [-0.2, -0.15) is 5.10 Å². The zero-order valence-corrected chi connectivity index (χ0v) is 12.9. The van der Waals surface area contributed by atoms with E-state index in [-0.39, 0.29) is 23.9 Å². The molecule has 1 aromatic heterocycles. The first-order valence-electron chi connectivity index (χ1n) is 7.30. The Morgan fingerprint density at radius 1 is 1.35 bits per heavy atom. The second-order valence-electron chi connectivity index (χ2n) is 5.46. The molecule has 0 bridgehead atoms. The lowest BCUT2D eigenvalue weighted by atomic mass is 9.85. The van der Waals surface area contributed by atoms with Gasteiger partial charge in [0.25, 0.3) is 0 Å². The molecule has 1 aliphatic rings. The van der Waals surface area contributed by atoms with Gasteiger partial charge < -0.3 is 10.1 Å². The molecular weight excluding hydrogens is 294 g/mol. The molecule has 0 saturated heterocycles. The van der Waals surface area contributed by atoms with Gasteiger partial charge in [0, 0.05) is 17.9 Å². The summed E-state index contributed by atoms with van der Waals surface area (Å²) in [7, 11) is 1.32. The number of anilines is 1. The summed E-state index contributed by atoms with van der Waals surface area (Å²) in [4.78, 5) is 23.9. The molecule has 0 spiro atoms. The van der Waals surface area contributed by atoms with Crippen LogP contribution in [-0.2, 0) is 9.53 Å². The summed E-state index contributed by atoms with van der Waals surface area (Å²) in [6, 6.07) is 9.84. The van der Waals surface area contributed by atoms with E-state index in [1.54, 1.807) is 0 Å². The van der Waals surface area contributed by atoms with Crippen molar-refractivity contribution in [1.29, 1.82) is 0 Å². The molecule has 23 heavy (non-hydrogen) atoms. The largest absolute Gasteiger partial charge is 0.464 e. The number of rotatable bonds is 3. The highest BCUT2D eigenvalue weighted by molar-refractivity contribution is 5.99. The van der Waals surface area contributed by atoms with Crippen molar-refractivity contribution in [3.05, 3.63) is 52.7 Å². The van der Waals surface area contributed by atoms with Crippen LogP contribution in [0, 0.1) is 0 Å². The summed E-state index contributed by atoms with van der Waals surface area (Å²) < 4.78 is 4.79. The topological polar surface area (TPSA) is 84.1 Å². The van der Waals surface area contributed by atoms with Gasteiger partial charge in [-0.3, -0.25) is 9.89 Å². The van der Waals surface area contributed by atoms with Crippen molar-refractivity contribution in [3.8, 4) is 0 Å². The third-order valence-corrected chi connectivity index (χ3v) is 3.93. The Morgan fingerprint density at radius 2 is 2.09 bits per heavy atom. The van der Waals surface area contributed by atoms with Crippen molar-refractivity contribution in [3.63, 3.8) is 0 Å². The Morgan fingerprint density at radius 3 is 2.78 bits per heavy atom. The molecule has 1 aromatic carbocycles. The fourth-order valence-corrected chi connectivity index (χ4v) is 2.81. The molecule has 0 aliphatic carbocycles. The average Bonchev–Trinajstić information content (AvgIpc) is 2.97. The zero-order chi connectivity index (χ0) is 16.4. The van der Waals surface area contributed by atoms with Gasteiger partial charge in [-0.25, -0.2) is 4.79 Å². The van der Waals surface area contributed by atoms with E-state index < -0.39 is 5.97 Å². The molecule has 6 nitrogen and oxygen atoms in total. The summed E-state index contributed by atoms with van der Waals surface area (Å²) in [6.45, 7) is 1.95. The molecule has 1 amide bonds. The van der Waals surface area contributed by atoms with Crippen LogP contribution in [0.3, 0.4) is 0 Å². The molecule has 6 heteroatoms. The number of carbonyl (C=O) groups excluding carboxylic acids is 2. The van der Waals surface area contributed by atoms with E-state index in [9.17, 15) is 9.59 Å². The summed E-state index contributed by atoms with van der Waals surface area (Å²) in [5.74, 6) is -0.432. The van der Waals surface area contributed by atoms with Crippen LogP contribution in [0.4, 0.5) is 5.82 Å². The molecule has 2 aromatic rings. The highest BCUT2D eigenvalue weighted by Crippen LogP contribution is 2.38. The first-order chi connectivity index (χ1) is 11.1. The van der Waals surface area contributed by atoms with Gasteiger partial charge in [0.15, 0.2) is 5.82 Å². The monoisotopic (exact) mass is 311 g/mol. The number of esters is 1. The number of methoxy groups -OCH3 is 1. The normalized spacial score (nSPS) is 17.4. The van der Waals surface area contributed by atoms with Crippen LogP contribution in [0.5, 0.6) is 0 Å². The van der Waals surface area contributed by atoms with E-state index >= 15 is 0 Å². The first kappa shape index (κ1) is 15.0. The third kappa shape index (κ3) is 2.88. The lowest BCUT2D eigenvalue weighted by Crippen LogP contribution is -2.24. The predicted octanol–water partition coefficient (Wildman–Crippen LogP) is 2.73. The molecule has 118 valence electrons. The summed E-state index contributed by atoms with van der Waals surface area (Å²) >= 11 is 0. The molecule has 0 radical (unpaired) electrons. The smallest absolute Gasteiger partial charge is 0.356 e. The van der Waals surface area contributed by atoms with Crippen LogP contribution < -0.4 is 5.32 Å². The summed E-state index contributed by atoms with van der Waals surface area (Å²) in [5, 5.41) is 9.39. The maximum absolute atomic E-state index is 11.9. The van der Waals surface area contributed by atoms with Crippen molar-refractivity contribution >= 4 is 23.8 Å². The number of aromatic amines is 1. The van der Waals surface area contributed by atoms with Crippen molar-refractivity contribution < 1.29 is 14.3 Å². The highest BCUT2D eigenvalue weighted by atomic mass is 16.5. The molecule has 2 heterocycles. The minimum atomic E-state index is -0.493. The third-order valence-electron chi connectivity index (χ3n) is 3.93. The Labute approximate surface area is 133 Å². The van der Waals surface area contributed by atoms with Crippen molar-refractivity contribution in [1.82, 2.24) is 10.2 Å². The molecule has 1 atom stereocenters. The van der Waals surface area contributed by atoms with Crippen LogP contribution in [0.2, 0.25) is 0 Å². The number of H-pyrrole nitrogens is 1. The summed E-state index contributed by atoms with van der Waals surface area (Å²) in [5.41, 5.74) is 2.99. The molecule has 0 saturated carbocycles. The highest BCUT2D eigenvalue weighted by Gasteiger charge is 2.33. The van der Waals surface area contributed by atoms with Gasteiger partial charge >= 0.3 is 5.97 Å². The number of carbonyl (C=O) groups is 2. The van der Waals surface area contributed by atoms with Crippen LogP contribution in [0.1, 0.15) is 40.9 Å². The quantitative estimate of drug-likeness (QED) is 0.854. The van der Waals surface area contributed by atoms with E-state index in [4.69, 9.17) is 4.74 Å². The molecule has 1 unspecified atom stereocenters. The van der Waals surface area contributed by atoms with Crippen LogP contribution in [0.25, 0.3) is 6.08 Å². The van der Waals surface area contributed by atoms with E-state index in [2.05, 4.69) is 15.5 Å². The minimum Gasteiger partial charge on any atom is -0.464 e. The zero-order valence-electron chi connectivity index (χ0n) is 12.9. The number of ether oxygens (including phenoxy) is 1. The van der Waals surface area contributed by atoms with E-state index in [1.807, 2.05) is 43.3 Å². The Hall–Kier alpha value is -2.89. The number of allylic oxidation sites excluding steroid dienone is 1. The first-order valence-corrected chi connectivity index (χ1v) is 7.30. The van der Waals surface area contributed by atoms with Crippen molar-refractivity contribution in [2.45, 2.75) is 19.3 Å². The van der Waals surface area contributed by atoms with Gasteiger partial charge in [0.1, 0.15) is 5.69 Å². The molecule has 1 aliphatic heterocycles. The van der Waals surface area contributed by atoms with Crippen molar-refractivity contribution in [2.75, 3.05) is 12.4 Å². The average molecular weight is 311 g/mol. The number of fused-ring (bicyclic) bond motifs is 1. The molecule has 0 fully saturated rings. The number of aromatic nitrogens is 2. The minimum absolute atomic E-state index is 0.119. The number of nitrogens with one attached hydrogen (secondary N) is 2. The van der Waals surface area contributed by atoms with Gasteiger partial charge in [-0.15, -0.1) is 0 Å². The second-order valence-corrected chi connectivity index (χ2v) is 5.46. The fourth-order valence-electron chi connectivity index (χ4n) is 2.81. The van der Waals surface area contributed by atoms with Crippen LogP contribution in [-0.4, -0.2) is 29.2 Å². The molecular formula is C17H17N3O3. The SMILES string of the molecule is COC(=O)c1[nH]nc2c1C(/C(C)=C/c1ccccc1)CC(=O)N2. The Bertz CT molecular complexity index is 778. The van der Waals surface area contributed by atoms with E-state index in [0.29, 0.717) is 11.4 Å². The number of hydrogen-bond donors (Lipinski definition) is 2. The van der Waals surface area contributed by atoms with E-state index in [0.717, 1.165) is 11.1 Å². The number of hydrogen-bond acceptors (Lipinski definition) is 4. The van der Waals surface area contributed by atoms with Crippen molar-refractivity contribution in [2.24, 2.45) is 0 Å². The van der Waals surface area contributed by atoms with E-state index in [1.165, 1.54) is 7.11 Å². The maximum atomic E-state index is 11.9. The second kappa shape index (κ2) is 6.08. The maximum Gasteiger partial charge on any atom is 0.356 e. The predicted molar refractivity (Wildman–Crippen MR) is 86.0 cm³/mol.